The summed E-state index contributed by atoms with van der Waals surface area (Å²) in [5.41, 5.74) is 3.73. The van der Waals surface area contributed by atoms with Gasteiger partial charge in [0.05, 0.1) is 11.5 Å². The van der Waals surface area contributed by atoms with E-state index >= 15 is 0 Å². The summed E-state index contributed by atoms with van der Waals surface area (Å²) in [6.45, 7) is 3.82. The van der Waals surface area contributed by atoms with Gasteiger partial charge in [-0.2, -0.15) is 0 Å². The van der Waals surface area contributed by atoms with Crippen molar-refractivity contribution < 1.29 is 13.2 Å². The molecule has 0 fully saturated rings. The van der Waals surface area contributed by atoms with Crippen LogP contribution in [-0.2, 0) is 16.4 Å². The van der Waals surface area contributed by atoms with Gasteiger partial charge in [0.15, 0.2) is 0 Å². The van der Waals surface area contributed by atoms with Crippen molar-refractivity contribution in [2.75, 3.05) is 45.7 Å². The molecule has 0 saturated carbocycles. The molecule has 1 heterocycles. The molecule has 158 valence electrons. The van der Waals surface area contributed by atoms with Crippen LogP contribution in [0.1, 0.15) is 30.5 Å². The van der Waals surface area contributed by atoms with Crippen LogP contribution in [-0.4, -0.2) is 54.2 Å². The first-order chi connectivity index (χ1) is 13.8. The van der Waals surface area contributed by atoms with Crippen molar-refractivity contribution in [1.29, 1.82) is 0 Å². The highest BCUT2D eigenvalue weighted by Crippen LogP contribution is 2.30. The first kappa shape index (κ1) is 21.6. The molecule has 2 aromatic rings. The molecule has 1 N–H and O–H groups in total. The van der Waals surface area contributed by atoms with E-state index < -0.39 is 10.0 Å². The van der Waals surface area contributed by atoms with E-state index in [1.54, 1.807) is 24.3 Å². The average molecular weight is 418 g/mol. The number of rotatable bonds is 8. The fraction of sp³-hybridized carbons (Fsp3) is 0.455. The number of nitrogens with zero attached hydrogens (tertiary/aromatic N) is 2. The maximum absolute atomic E-state index is 12.8. The van der Waals surface area contributed by atoms with Crippen molar-refractivity contribution in [3.8, 4) is 5.75 Å². The van der Waals surface area contributed by atoms with Crippen LogP contribution in [0.25, 0.3) is 0 Å². The van der Waals surface area contributed by atoms with Gasteiger partial charge in [-0.15, -0.1) is 0 Å². The summed E-state index contributed by atoms with van der Waals surface area (Å²) in [4.78, 5) is 4.57. The van der Waals surface area contributed by atoms with Gasteiger partial charge < -0.3 is 14.5 Å². The first-order valence-electron chi connectivity index (χ1n) is 10.0. The van der Waals surface area contributed by atoms with Crippen LogP contribution in [0.3, 0.4) is 0 Å². The van der Waals surface area contributed by atoms with Crippen LogP contribution in [0.15, 0.2) is 47.4 Å². The Bertz CT molecular complexity index is 927. The topological polar surface area (TPSA) is 61.9 Å². The summed E-state index contributed by atoms with van der Waals surface area (Å²) >= 11 is 0. The SMILES string of the molecule is CCOc1ccc(S(=O)(=O)NCC(c2ccc3c(c2)CCCN3C)N(C)C)cc1. The molecule has 2 aromatic carbocycles. The van der Waals surface area contributed by atoms with E-state index in [0.29, 0.717) is 18.9 Å². The van der Waals surface area contributed by atoms with Crippen molar-refractivity contribution in [1.82, 2.24) is 9.62 Å². The molecule has 6 nitrogen and oxygen atoms in total. The minimum absolute atomic E-state index is 0.0509. The molecule has 0 radical (unpaired) electrons. The number of sulfonamides is 1. The van der Waals surface area contributed by atoms with Gasteiger partial charge in [-0.3, -0.25) is 0 Å². The standard InChI is InChI=1S/C22H31N3O3S/c1-5-28-19-9-11-20(12-10-19)29(26,27)23-16-22(24(2)3)18-8-13-21-17(15-18)7-6-14-25(21)4/h8-13,15,22-23H,5-7,14,16H2,1-4H3. The molecule has 7 heteroatoms. The number of hydrogen-bond donors (Lipinski definition) is 1. The van der Waals surface area contributed by atoms with Gasteiger partial charge in [0.1, 0.15) is 5.75 Å². The molecule has 0 amide bonds. The third-order valence-electron chi connectivity index (χ3n) is 5.37. The zero-order valence-corrected chi connectivity index (χ0v) is 18.5. The van der Waals surface area contributed by atoms with Crippen molar-refractivity contribution in [2.45, 2.75) is 30.7 Å². The van der Waals surface area contributed by atoms with E-state index in [9.17, 15) is 8.42 Å². The molecule has 3 rings (SSSR count). The molecule has 1 aliphatic heterocycles. The van der Waals surface area contributed by atoms with E-state index in [-0.39, 0.29) is 10.9 Å². The maximum Gasteiger partial charge on any atom is 0.240 e. The van der Waals surface area contributed by atoms with Gasteiger partial charge in [-0.25, -0.2) is 13.1 Å². The predicted octanol–water partition coefficient (Wildman–Crippen LogP) is 3.05. The lowest BCUT2D eigenvalue weighted by atomic mass is 9.96. The molecule has 0 aromatic heterocycles. The third kappa shape index (κ3) is 5.10. The van der Waals surface area contributed by atoms with Crippen LogP contribution < -0.4 is 14.4 Å². The second-order valence-electron chi connectivity index (χ2n) is 7.65. The third-order valence-corrected chi connectivity index (χ3v) is 6.81. The summed E-state index contributed by atoms with van der Waals surface area (Å²) in [7, 11) is 2.47. The Morgan fingerprint density at radius 2 is 1.90 bits per heavy atom. The van der Waals surface area contributed by atoms with Gasteiger partial charge in [-0.1, -0.05) is 12.1 Å². The Morgan fingerprint density at radius 3 is 2.55 bits per heavy atom. The van der Waals surface area contributed by atoms with Gasteiger partial charge in [0.25, 0.3) is 0 Å². The van der Waals surface area contributed by atoms with Crippen LogP contribution in [0.2, 0.25) is 0 Å². The summed E-state index contributed by atoms with van der Waals surface area (Å²) in [5.74, 6) is 0.664. The number of ether oxygens (including phenoxy) is 1. The van der Waals surface area contributed by atoms with Gasteiger partial charge in [0.2, 0.25) is 10.0 Å². The molecule has 0 saturated heterocycles. The predicted molar refractivity (Wildman–Crippen MR) is 117 cm³/mol. The van der Waals surface area contributed by atoms with E-state index in [0.717, 1.165) is 24.9 Å². The quantitative estimate of drug-likeness (QED) is 0.715. The molecular weight excluding hydrogens is 386 g/mol. The Labute approximate surface area is 174 Å². The summed E-state index contributed by atoms with van der Waals surface area (Å²) in [6, 6.07) is 13.0. The summed E-state index contributed by atoms with van der Waals surface area (Å²) < 4.78 is 33.7. The number of anilines is 1. The lowest BCUT2D eigenvalue weighted by Gasteiger charge is -2.30. The minimum atomic E-state index is -3.60. The highest BCUT2D eigenvalue weighted by molar-refractivity contribution is 7.89. The molecule has 1 atom stereocenters. The number of hydrogen-bond acceptors (Lipinski definition) is 5. The zero-order valence-electron chi connectivity index (χ0n) is 17.7. The van der Waals surface area contributed by atoms with Crippen LogP contribution >= 0.6 is 0 Å². The highest BCUT2D eigenvalue weighted by Gasteiger charge is 2.22. The number of nitrogens with one attached hydrogen (secondary N) is 1. The normalized spacial score (nSPS) is 15.3. The Morgan fingerprint density at radius 1 is 1.17 bits per heavy atom. The zero-order chi connectivity index (χ0) is 21.0. The maximum atomic E-state index is 12.8. The van der Waals surface area contributed by atoms with Crippen molar-refractivity contribution in [3.63, 3.8) is 0 Å². The fourth-order valence-electron chi connectivity index (χ4n) is 3.76. The molecule has 29 heavy (non-hydrogen) atoms. The van der Waals surface area contributed by atoms with Crippen LogP contribution in [0, 0.1) is 0 Å². The summed E-state index contributed by atoms with van der Waals surface area (Å²) in [5, 5.41) is 0. The van der Waals surface area contributed by atoms with Gasteiger partial charge >= 0.3 is 0 Å². The molecule has 1 aliphatic rings. The Kier molecular flexibility index (Phi) is 6.82. The van der Waals surface area contributed by atoms with Crippen molar-refractivity contribution in [2.24, 2.45) is 0 Å². The highest BCUT2D eigenvalue weighted by atomic mass is 32.2. The Hall–Kier alpha value is -2.09. The van der Waals surface area contributed by atoms with E-state index in [1.807, 2.05) is 21.0 Å². The van der Waals surface area contributed by atoms with Crippen molar-refractivity contribution in [3.05, 3.63) is 53.6 Å². The van der Waals surface area contributed by atoms with Crippen LogP contribution in [0.5, 0.6) is 5.75 Å². The van der Waals surface area contributed by atoms with E-state index in [2.05, 4.69) is 39.8 Å². The summed E-state index contributed by atoms with van der Waals surface area (Å²) in [6.07, 6.45) is 2.20. The number of fused-ring (bicyclic) bond motifs is 1. The molecule has 0 spiro atoms. The van der Waals surface area contributed by atoms with E-state index in [1.165, 1.54) is 11.3 Å². The number of likely N-dealkylation sites (N-methyl/N-ethyl adjacent to an activating group) is 1. The monoisotopic (exact) mass is 417 g/mol. The molecule has 0 aliphatic carbocycles. The lowest BCUT2D eigenvalue weighted by molar-refractivity contribution is 0.299. The molecule has 0 bridgehead atoms. The second kappa shape index (κ2) is 9.15. The smallest absolute Gasteiger partial charge is 0.240 e. The molecule has 1 unspecified atom stereocenters. The number of aryl methyl sites for hydroxylation is 1. The Balaban J connectivity index is 1.75. The first-order valence-corrected chi connectivity index (χ1v) is 11.5. The second-order valence-corrected chi connectivity index (χ2v) is 9.42. The molecular formula is C22H31N3O3S. The van der Waals surface area contributed by atoms with E-state index in [4.69, 9.17) is 4.74 Å². The fourth-order valence-corrected chi connectivity index (χ4v) is 4.80. The number of benzene rings is 2. The largest absolute Gasteiger partial charge is 0.494 e. The lowest BCUT2D eigenvalue weighted by Crippen LogP contribution is -2.34. The van der Waals surface area contributed by atoms with Gasteiger partial charge in [-0.05, 0) is 75.3 Å². The van der Waals surface area contributed by atoms with Gasteiger partial charge in [0, 0.05) is 31.9 Å². The van der Waals surface area contributed by atoms with Crippen molar-refractivity contribution >= 4 is 15.7 Å². The van der Waals surface area contributed by atoms with Crippen LogP contribution in [0.4, 0.5) is 5.69 Å². The average Bonchev–Trinajstić information content (AvgIpc) is 2.68. The minimum Gasteiger partial charge on any atom is -0.494 e.